The zero-order valence-electron chi connectivity index (χ0n) is 7.51. The molecule has 0 aromatic carbocycles. The maximum Gasteiger partial charge on any atom is 0.411 e. The van der Waals surface area contributed by atoms with Crippen molar-refractivity contribution in [2.24, 2.45) is 0 Å². The van der Waals surface area contributed by atoms with Crippen molar-refractivity contribution in [2.75, 3.05) is 12.4 Å². The van der Waals surface area contributed by atoms with Gasteiger partial charge in [0.25, 0.3) is 0 Å². The molecule has 0 bridgehead atoms. The van der Waals surface area contributed by atoms with Crippen LogP contribution in [0.3, 0.4) is 0 Å². The largest absolute Gasteiger partial charge is 0.480 e. The Labute approximate surface area is 85.4 Å². The van der Waals surface area contributed by atoms with Crippen molar-refractivity contribution in [3.63, 3.8) is 0 Å². The van der Waals surface area contributed by atoms with Gasteiger partial charge in [0.1, 0.15) is 6.61 Å². The number of carbonyl (C=O) groups excluding carboxylic acids is 1. The first kappa shape index (κ1) is 9.64. The van der Waals surface area contributed by atoms with Gasteiger partial charge in [0.05, 0.1) is 5.37 Å². The molecule has 2 atom stereocenters. The van der Waals surface area contributed by atoms with Crippen LogP contribution in [-0.4, -0.2) is 45.8 Å². The quantitative estimate of drug-likeness (QED) is 0.739. The molecule has 0 aromatic heterocycles. The molecule has 2 aliphatic heterocycles. The van der Waals surface area contributed by atoms with Crippen molar-refractivity contribution in [2.45, 2.75) is 24.3 Å². The van der Waals surface area contributed by atoms with Gasteiger partial charge in [-0.15, -0.1) is 11.8 Å². The Hall–Kier alpha value is -0.910. The third kappa shape index (κ3) is 1.54. The number of carbonyl (C=O) groups is 2. The molecule has 0 saturated carbocycles. The molecular weight excluding hydrogens is 206 g/mol. The van der Waals surface area contributed by atoms with Crippen LogP contribution in [0.15, 0.2) is 0 Å². The molecule has 0 radical (unpaired) electrons. The third-order valence-corrected chi connectivity index (χ3v) is 3.78. The zero-order valence-corrected chi connectivity index (χ0v) is 8.33. The van der Waals surface area contributed by atoms with Crippen molar-refractivity contribution in [3.8, 4) is 0 Å². The number of carboxylic acid groups (broad SMARTS) is 1. The highest BCUT2D eigenvalue weighted by Crippen LogP contribution is 2.33. The van der Waals surface area contributed by atoms with E-state index in [0.717, 1.165) is 18.6 Å². The molecule has 0 spiro atoms. The SMILES string of the molecule is O=C(O)C1COC(=O)N1C1CCCS1. The van der Waals surface area contributed by atoms with E-state index >= 15 is 0 Å². The lowest BCUT2D eigenvalue weighted by molar-refractivity contribution is -0.141. The predicted molar refractivity (Wildman–Crippen MR) is 50.1 cm³/mol. The van der Waals surface area contributed by atoms with Crippen LogP contribution in [0, 0.1) is 0 Å². The molecule has 0 aromatic rings. The van der Waals surface area contributed by atoms with Crippen LogP contribution in [0.5, 0.6) is 0 Å². The van der Waals surface area contributed by atoms with Crippen LogP contribution in [0.4, 0.5) is 4.79 Å². The van der Waals surface area contributed by atoms with Gasteiger partial charge >= 0.3 is 12.1 Å². The van der Waals surface area contributed by atoms with Gasteiger partial charge in [0.15, 0.2) is 6.04 Å². The van der Waals surface area contributed by atoms with Gasteiger partial charge in [-0.2, -0.15) is 0 Å². The molecule has 2 aliphatic rings. The second-order valence-corrected chi connectivity index (χ2v) is 4.59. The van der Waals surface area contributed by atoms with Gasteiger partial charge < -0.3 is 9.84 Å². The van der Waals surface area contributed by atoms with Crippen LogP contribution in [0.25, 0.3) is 0 Å². The minimum absolute atomic E-state index is 0.00824. The van der Waals surface area contributed by atoms with E-state index in [-0.39, 0.29) is 12.0 Å². The highest BCUT2D eigenvalue weighted by molar-refractivity contribution is 8.00. The summed E-state index contributed by atoms with van der Waals surface area (Å²) < 4.78 is 4.74. The topological polar surface area (TPSA) is 66.8 Å². The summed E-state index contributed by atoms with van der Waals surface area (Å²) in [7, 11) is 0. The summed E-state index contributed by atoms with van der Waals surface area (Å²) in [5.41, 5.74) is 0. The summed E-state index contributed by atoms with van der Waals surface area (Å²) in [5.74, 6) is 0.00388. The second kappa shape index (κ2) is 3.68. The smallest absolute Gasteiger partial charge is 0.411 e. The standard InChI is InChI=1S/C8H11NO4S/c10-7(11)5-4-13-8(12)9(5)6-2-1-3-14-6/h5-6H,1-4H2,(H,10,11). The van der Waals surface area contributed by atoms with Crippen LogP contribution in [0.2, 0.25) is 0 Å². The maximum atomic E-state index is 11.3. The van der Waals surface area contributed by atoms with Crippen LogP contribution < -0.4 is 0 Å². The van der Waals surface area contributed by atoms with Crippen LogP contribution >= 0.6 is 11.8 Å². The first-order valence-corrected chi connectivity index (χ1v) is 5.54. The number of hydrogen-bond acceptors (Lipinski definition) is 4. The number of aliphatic carboxylic acids is 1. The fraction of sp³-hybridized carbons (Fsp3) is 0.750. The number of hydrogen-bond donors (Lipinski definition) is 1. The molecular formula is C8H11NO4S. The lowest BCUT2D eigenvalue weighted by Crippen LogP contribution is -2.43. The minimum atomic E-state index is -0.983. The predicted octanol–water partition coefficient (Wildman–Crippen LogP) is 0.745. The van der Waals surface area contributed by atoms with Gasteiger partial charge in [-0.3, -0.25) is 4.90 Å². The monoisotopic (exact) mass is 217 g/mol. The molecule has 1 N–H and O–H groups in total. The van der Waals surface area contributed by atoms with E-state index in [4.69, 9.17) is 9.84 Å². The maximum absolute atomic E-state index is 11.3. The summed E-state index contributed by atoms with van der Waals surface area (Å²) in [6.07, 6.45) is 1.41. The Morgan fingerprint density at radius 2 is 2.43 bits per heavy atom. The fourth-order valence-corrected chi connectivity index (χ4v) is 3.05. The Bertz CT molecular complexity index is 264. The number of carboxylic acids is 1. The van der Waals surface area contributed by atoms with E-state index in [1.54, 1.807) is 11.8 Å². The van der Waals surface area contributed by atoms with Gasteiger partial charge in [0, 0.05) is 0 Å². The van der Waals surface area contributed by atoms with Gasteiger partial charge in [0.2, 0.25) is 0 Å². The third-order valence-electron chi connectivity index (χ3n) is 2.41. The molecule has 2 unspecified atom stereocenters. The molecule has 6 heteroatoms. The van der Waals surface area contributed by atoms with Gasteiger partial charge in [-0.1, -0.05) is 0 Å². The number of thioether (sulfide) groups is 1. The van der Waals surface area contributed by atoms with E-state index in [1.807, 2.05) is 0 Å². The first-order chi connectivity index (χ1) is 6.70. The number of nitrogens with zero attached hydrogens (tertiary/aromatic N) is 1. The van der Waals surface area contributed by atoms with Gasteiger partial charge in [-0.25, -0.2) is 9.59 Å². The minimum Gasteiger partial charge on any atom is -0.480 e. The number of amides is 1. The molecule has 2 heterocycles. The molecule has 1 amide bonds. The molecule has 2 rings (SSSR count). The summed E-state index contributed by atoms with van der Waals surface area (Å²) >= 11 is 1.63. The van der Waals surface area contributed by atoms with E-state index in [2.05, 4.69) is 0 Å². The van der Waals surface area contributed by atoms with E-state index < -0.39 is 18.1 Å². The van der Waals surface area contributed by atoms with E-state index in [0.29, 0.717) is 0 Å². The lowest BCUT2D eigenvalue weighted by Gasteiger charge is -2.23. The van der Waals surface area contributed by atoms with Crippen LogP contribution in [-0.2, 0) is 9.53 Å². The molecule has 78 valence electrons. The molecule has 0 aliphatic carbocycles. The first-order valence-electron chi connectivity index (χ1n) is 4.49. The average Bonchev–Trinajstić information content (AvgIpc) is 2.71. The number of cyclic esters (lactones) is 1. The van der Waals surface area contributed by atoms with Crippen molar-refractivity contribution in [1.82, 2.24) is 4.90 Å². The summed E-state index contributed by atoms with van der Waals surface area (Å²) in [6, 6.07) is -0.793. The Morgan fingerprint density at radius 3 is 3.00 bits per heavy atom. The second-order valence-electron chi connectivity index (χ2n) is 3.31. The van der Waals surface area contributed by atoms with Crippen molar-refractivity contribution in [3.05, 3.63) is 0 Å². The Kier molecular flexibility index (Phi) is 2.54. The molecule has 14 heavy (non-hydrogen) atoms. The van der Waals surface area contributed by atoms with E-state index in [1.165, 1.54) is 4.90 Å². The molecule has 2 fully saturated rings. The van der Waals surface area contributed by atoms with Crippen LogP contribution in [0.1, 0.15) is 12.8 Å². The summed E-state index contributed by atoms with van der Waals surface area (Å²) in [4.78, 5) is 23.5. The van der Waals surface area contributed by atoms with Crippen molar-refractivity contribution >= 4 is 23.8 Å². The van der Waals surface area contributed by atoms with Gasteiger partial charge in [-0.05, 0) is 18.6 Å². The zero-order chi connectivity index (χ0) is 10.1. The molecule has 5 nitrogen and oxygen atoms in total. The highest BCUT2D eigenvalue weighted by Gasteiger charge is 2.43. The lowest BCUT2D eigenvalue weighted by atomic mass is 10.2. The Balaban J connectivity index is 2.12. The summed E-state index contributed by atoms with van der Waals surface area (Å²) in [6.45, 7) is -0.0226. The fourth-order valence-electron chi connectivity index (χ4n) is 1.72. The highest BCUT2D eigenvalue weighted by atomic mass is 32.2. The van der Waals surface area contributed by atoms with Crippen molar-refractivity contribution in [1.29, 1.82) is 0 Å². The summed E-state index contributed by atoms with van der Waals surface area (Å²) in [5, 5.41) is 8.87. The Morgan fingerprint density at radius 1 is 1.64 bits per heavy atom. The van der Waals surface area contributed by atoms with Crippen molar-refractivity contribution < 1.29 is 19.4 Å². The number of ether oxygens (including phenoxy) is 1. The normalized spacial score (nSPS) is 32.0. The average molecular weight is 217 g/mol. The van der Waals surface area contributed by atoms with E-state index in [9.17, 15) is 9.59 Å². The molecule has 2 saturated heterocycles. The number of rotatable bonds is 2.